The third-order valence-corrected chi connectivity index (χ3v) is 4.11. The Morgan fingerprint density at radius 2 is 2.04 bits per heavy atom. The molecule has 0 aliphatic rings. The van der Waals surface area contributed by atoms with Crippen LogP contribution in [0, 0.1) is 0 Å². The summed E-state index contributed by atoms with van der Waals surface area (Å²) >= 11 is 12.3. The van der Waals surface area contributed by atoms with Gasteiger partial charge in [-0.25, -0.2) is 4.79 Å². The van der Waals surface area contributed by atoms with Gasteiger partial charge in [-0.2, -0.15) is 5.10 Å². The lowest BCUT2D eigenvalue weighted by Crippen LogP contribution is -2.14. The minimum Gasteiger partial charge on any atom is -0.443 e. The maximum absolute atomic E-state index is 10.8. The molecule has 2 N–H and O–H groups in total. The van der Waals surface area contributed by atoms with Crippen LogP contribution in [0.25, 0.3) is 22.0 Å². The van der Waals surface area contributed by atoms with E-state index < -0.39 is 6.09 Å². The standard InChI is InChI=1S/C16H13Cl2N3O2/c1-21-14(8-23-16(19)22)12-4-2-3-11(15(12)20-21)10-6-5-9(17)7-13(10)18/h2-7H,8H2,1H3,(H2,19,22). The zero-order chi connectivity index (χ0) is 16.6. The van der Waals surface area contributed by atoms with Gasteiger partial charge in [0.1, 0.15) is 12.1 Å². The lowest BCUT2D eigenvalue weighted by molar-refractivity contribution is 0.148. The molecule has 1 heterocycles. The number of ether oxygens (including phenoxy) is 1. The number of rotatable bonds is 3. The lowest BCUT2D eigenvalue weighted by atomic mass is 10.0. The van der Waals surface area contributed by atoms with E-state index in [9.17, 15) is 4.79 Å². The Balaban J connectivity index is 2.16. The summed E-state index contributed by atoms with van der Waals surface area (Å²) in [7, 11) is 1.78. The Kier molecular flexibility index (Phi) is 4.15. The summed E-state index contributed by atoms with van der Waals surface area (Å²) < 4.78 is 6.56. The van der Waals surface area contributed by atoms with Gasteiger partial charge in [-0.3, -0.25) is 4.68 Å². The molecule has 23 heavy (non-hydrogen) atoms. The highest BCUT2D eigenvalue weighted by Crippen LogP contribution is 2.35. The number of hydrogen-bond donors (Lipinski definition) is 1. The van der Waals surface area contributed by atoms with Crippen molar-refractivity contribution in [2.75, 3.05) is 0 Å². The van der Waals surface area contributed by atoms with Gasteiger partial charge in [-0.15, -0.1) is 0 Å². The summed E-state index contributed by atoms with van der Waals surface area (Å²) in [6.07, 6.45) is -0.823. The number of carbonyl (C=O) groups is 1. The Morgan fingerprint density at radius 3 is 2.74 bits per heavy atom. The van der Waals surface area contributed by atoms with Crippen LogP contribution < -0.4 is 5.73 Å². The molecule has 2 aromatic carbocycles. The topological polar surface area (TPSA) is 70.1 Å². The number of hydrogen-bond acceptors (Lipinski definition) is 3. The molecule has 0 fully saturated rings. The van der Waals surface area contributed by atoms with Gasteiger partial charge in [0.05, 0.1) is 5.69 Å². The van der Waals surface area contributed by atoms with Gasteiger partial charge in [0.2, 0.25) is 0 Å². The third kappa shape index (κ3) is 2.98. The smallest absolute Gasteiger partial charge is 0.404 e. The first-order valence-electron chi connectivity index (χ1n) is 6.79. The fourth-order valence-corrected chi connectivity index (χ4v) is 3.01. The van der Waals surface area contributed by atoms with Gasteiger partial charge < -0.3 is 10.5 Å². The Bertz CT molecular complexity index is 906. The molecule has 0 aliphatic heterocycles. The molecule has 0 saturated heterocycles. The van der Waals surface area contributed by atoms with E-state index >= 15 is 0 Å². The maximum Gasteiger partial charge on any atom is 0.404 e. The lowest BCUT2D eigenvalue weighted by Gasteiger charge is -2.06. The minimum absolute atomic E-state index is 0.0557. The summed E-state index contributed by atoms with van der Waals surface area (Å²) in [5, 5.41) is 6.51. The first-order valence-corrected chi connectivity index (χ1v) is 7.55. The molecular formula is C16H13Cl2N3O2. The van der Waals surface area contributed by atoms with Gasteiger partial charge in [0.25, 0.3) is 0 Å². The van der Waals surface area contributed by atoms with E-state index in [0.717, 1.165) is 27.7 Å². The number of nitrogens with zero attached hydrogens (tertiary/aromatic N) is 2. The molecule has 5 nitrogen and oxygen atoms in total. The quantitative estimate of drug-likeness (QED) is 0.772. The Morgan fingerprint density at radius 1 is 1.26 bits per heavy atom. The van der Waals surface area contributed by atoms with Gasteiger partial charge in [0, 0.05) is 33.6 Å². The molecule has 1 aromatic heterocycles. The SMILES string of the molecule is Cn1nc2c(-c3ccc(Cl)cc3Cl)cccc2c1COC(N)=O. The number of carbonyl (C=O) groups excluding carboxylic acids is 1. The van der Waals surface area contributed by atoms with Crippen molar-refractivity contribution >= 4 is 40.2 Å². The van der Waals surface area contributed by atoms with Crippen LogP contribution in [0.5, 0.6) is 0 Å². The highest BCUT2D eigenvalue weighted by Gasteiger charge is 2.15. The molecule has 0 bridgehead atoms. The van der Waals surface area contributed by atoms with Gasteiger partial charge in [-0.05, 0) is 12.1 Å². The van der Waals surface area contributed by atoms with Crippen LogP contribution in [0.3, 0.4) is 0 Å². The summed E-state index contributed by atoms with van der Waals surface area (Å²) in [6.45, 7) is 0.0557. The molecule has 0 atom stereocenters. The first kappa shape index (κ1) is 15.6. The molecule has 118 valence electrons. The number of nitrogens with two attached hydrogens (primary N) is 1. The number of aryl methyl sites for hydroxylation is 1. The second-order valence-electron chi connectivity index (χ2n) is 5.00. The number of benzene rings is 2. The normalized spacial score (nSPS) is 10.9. The molecule has 0 saturated carbocycles. The number of aromatic nitrogens is 2. The second kappa shape index (κ2) is 6.10. The van der Waals surface area contributed by atoms with Gasteiger partial charge in [-0.1, -0.05) is 47.5 Å². The van der Waals surface area contributed by atoms with E-state index in [4.69, 9.17) is 33.7 Å². The summed E-state index contributed by atoms with van der Waals surface area (Å²) in [4.78, 5) is 10.8. The van der Waals surface area contributed by atoms with E-state index in [1.54, 1.807) is 23.9 Å². The molecule has 3 rings (SSSR count). The Hall–Kier alpha value is -2.24. The van der Waals surface area contributed by atoms with Crippen LogP contribution in [0.15, 0.2) is 36.4 Å². The summed E-state index contributed by atoms with van der Waals surface area (Å²) in [5.74, 6) is 0. The molecule has 0 unspecified atom stereocenters. The highest BCUT2D eigenvalue weighted by molar-refractivity contribution is 6.36. The van der Waals surface area contributed by atoms with Gasteiger partial charge >= 0.3 is 6.09 Å². The number of primary amides is 1. The van der Waals surface area contributed by atoms with E-state index in [1.807, 2.05) is 24.3 Å². The molecule has 3 aromatic rings. The average molecular weight is 350 g/mol. The molecular weight excluding hydrogens is 337 g/mol. The van der Waals surface area contributed by atoms with Gasteiger partial charge in [0.15, 0.2) is 0 Å². The van der Waals surface area contributed by atoms with E-state index in [2.05, 4.69) is 5.10 Å². The Labute approximate surface area is 142 Å². The van der Waals surface area contributed by atoms with Crippen molar-refractivity contribution in [3.8, 4) is 11.1 Å². The summed E-state index contributed by atoms with van der Waals surface area (Å²) in [5.41, 5.74) is 8.27. The van der Waals surface area contributed by atoms with Crippen molar-refractivity contribution < 1.29 is 9.53 Å². The predicted octanol–water partition coefficient (Wildman–Crippen LogP) is 4.14. The van der Waals surface area contributed by atoms with E-state index in [-0.39, 0.29) is 6.61 Å². The van der Waals surface area contributed by atoms with E-state index in [0.29, 0.717) is 10.0 Å². The fraction of sp³-hybridized carbons (Fsp3) is 0.125. The van der Waals surface area contributed by atoms with Crippen LogP contribution >= 0.6 is 23.2 Å². The van der Waals surface area contributed by atoms with Crippen LogP contribution in [-0.2, 0) is 18.4 Å². The highest BCUT2D eigenvalue weighted by atomic mass is 35.5. The van der Waals surface area contributed by atoms with Crippen LogP contribution in [0.1, 0.15) is 5.69 Å². The zero-order valence-electron chi connectivity index (χ0n) is 12.2. The second-order valence-corrected chi connectivity index (χ2v) is 5.85. The van der Waals surface area contributed by atoms with Crippen LogP contribution in [0.2, 0.25) is 10.0 Å². The van der Waals surface area contributed by atoms with Crippen molar-refractivity contribution in [3.63, 3.8) is 0 Å². The van der Waals surface area contributed by atoms with Crippen molar-refractivity contribution in [2.24, 2.45) is 12.8 Å². The first-order chi connectivity index (χ1) is 11.0. The molecule has 0 radical (unpaired) electrons. The van der Waals surface area contributed by atoms with Crippen LogP contribution in [-0.4, -0.2) is 15.9 Å². The maximum atomic E-state index is 10.8. The monoisotopic (exact) mass is 349 g/mol. The fourth-order valence-electron chi connectivity index (χ4n) is 2.50. The predicted molar refractivity (Wildman–Crippen MR) is 90.5 cm³/mol. The molecule has 7 heteroatoms. The average Bonchev–Trinajstić information content (AvgIpc) is 2.81. The molecule has 1 amide bonds. The largest absolute Gasteiger partial charge is 0.443 e. The van der Waals surface area contributed by atoms with Crippen LogP contribution in [0.4, 0.5) is 4.79 Å². The van der Waals surface area contributed by atoms with Crippen molar-refractivity contribution in [2.45, 2.75) is 6.61 Å². The zero-order valence-corrected chi connectivity index (χ0v) is 13.7. The molecule has 0 aliphatic carbocycles. The van der Waals surface area contributed by atoms with E-state index in [1.165, 1.54) is 0 Å². The minimum atomic E-state index is -0.823. The molecule has 0 spiro atoms. The number of amides is 1. The van der Waals surface area contributed by atoms with Crippen molar-refractivity contribution in [1.82, 2.24) is 9.78 Å². The number of fused-ring (bicyclic) bond motifs is 1. The summed E-state index contributed by atoms with van der Waals surface area (Å²) in [6, 6.07) is 11.1. The third-order valence-electron chi connectivity index (χ3n) is 3.56. The number of halogens is 2. The van der Waals surface area contributed by atoms with Crippen molar-refractivity contribution in [1.29, 1.82) is 0 Å². The van der Waals surface area contributed by atoms with Crippen molar-refractivity contribution in [3.05, 3.63) is 52.1 Å².